The first-order valence-corrected chi connectivity index (χ1v) is 7.33. The van der Waals surface area contributed by atoms with Crippen LogP contribution in [0.1, 0.15) is 58.8 Å². The first kappa shape index (κ1) is 19.2. The smallest absolute Gasteiger partial charge is 0.320 e. The van der Waals surface area contributed by atoms with E-state index in [4.69, 9.17) is 5.11 Å². The molecule has 1 rings (SSSR count). The molecule has 118 valence electrons. The number of nitrogens with one attached hydrogen (secondary N) is 2. The molecule has 5 nitrogen and oxygen atoms in total. The highest BCUT2D eigenvalue weighted by atomic mass is 35.5. The van der Waals surface area contributed by atoms with E-state index in [1.807, 2.05) is 6.92 Å². The van der Waals surface area contributed by atoms with Crippen molar-refractivity contribution < 1.29 is 14.7 Å². The summed E-state index contributed by atoms with van der Waals surface area (Å²) in [5.74, 6) is -0.978. The maximum atomic E-state index is 12.0. The average molecular weight is 307 g/mol. The standard InChI is InChI=1S/C14H26N2O3.ClH/c1-3-7-12(14(18)19)15-10(2)13(17)16-11-8-5-4-6-9-11;/h10-12,15H,3-9H2,1-2H3,(H,16,17)(H,18,19);1H. The Hall–Kier alpha value is -0.810. The largest absolute Gasteiger partial charge is 0.480 e. The molecule has 1 saturated carbocycles. The first-order valence-electron chi connectivity index (χ1n) is 7.33. The molecule has 0 aromatic carbocycles. The zero-order valence-electron chi connectivity index (χ0n) is 12.4. The van der Waals surface area contributed by atoms with E-state index < -0.39 is 18.1 Å². The van der Waals surface area contributed by atoms with Gasteiger partial charge in [0, 0.05) is 6.04 Å². The van der Waals surface area contributed by atoms with Gasteiger partial charge in [0.2, 0.25) is 5.91 Å². The Balaban J connectivity index is 0.00000361. The monoisotopic (exact) mass is 306 g/mol. The highest BCUT2D eigenvalue weighted by Gasteiger charge is 2.24. The predicted molar refractivity (Wildman–Crippen MR) is 81.2 cm³/mol. The number of carboxylic acid groups (broad SMARTS) is 1. The zero-order chi connectivity index (χ0) is 14.3. The number of amides is 1. The van der Waals surface area contributed by atoms with Crippen molar-refractivity contribution in [3.63, 3.8) is 0 Å². The van der Waals surface area contributed by atoms with Crippen molar-refractivity contribution in [1.29, 1.82) is 0 Å². The van der Waals surface area contributed by atoms with Gasteiger partial charge in [-0.2, -0.15) is 0 Å². The van der Waals surface area contributed by atoms with Gasteiger partial charge < -0.3 is 10.4 Å². The fraction of sp³-hybridized carbons (Fsp3) is 0.857. The minimum atomic E-state index is -0.890. The minimum Gasteiger partial charge on any atom is -0.480 e. The maximum Gasteiger partial charge on any atom is 0.320 e. The molecule has 0 bridgehead atoms. The molecule has 1 aliphatic carbocycles. The number of hydrogen-bond donors (Lipinski definition) is 3. The van der Waals surface area contributed by atoms with Crippen molar-refractivity contribution >= 4 is 24.3 Å². The molecular formula is C14H27ClN2O3. The van der Waals surface area contributed by atoms with E-state index >= 15 is 0 Å². The lowest BCUT2D eigenvalue weighted by Crippen LogP contribution is -2.51. The van der Waals surface area contributed by atoms with Crippen LogP contribution in [0.4, 0.5) is 0 Å². The van der Waals surface area contributed by atoms with Crippen molar-refractivity contribution in [3.8, 4) is 0 Å². The van der Waals surface area contributed by atoms with E-state index in [0.29, 0.717) is 6.42 Å². The van der Waals surface area contributed by atoms with Crippen LogP contribution in [0.3, 0.4) is 0 Å². The molecule has 3 N–H and O–H groups in total. The van der Waals surface area contributed by atoms with Gasteiger partial charge in [0.15, 0.2) is 0 Å². The third-order valence-electron chi connectivity index (χ3n) is 3.67. The van der Waals surface area contributed by atoms with E-state index in [2.05, 4.69) is 10.6 Å². The molecular weight excluding hydrogens is 280 g/mol. The van der Waals surface area contributed by atoms with Crippen LogP contribution in [0, 0.1) is 0 Å². The normalized spacial score (nSPS) is 18.7. The number of aliphatic carboxylic acids is 1. The van der Waals surface area contributed by atoms with Gasteiger partial charge in [-0.1, -0.05) is 32.6 Å². The maximum absolute atomic E-state index is 12.0. The van der Waals surface area contributed by atoms with Gasteiger partial charge in [0.1, 0.15) is 6.04 Å². The van der Waals surface area contributed by atoms with E-state index in [9.17, 15) is 9.59 Å². The van der Waals surface area contributed by atoms with E-state index in [1.165, 1.54) is 19.3 Å². The Kier molecular flexibility index (Phi) is 9.59. The molecule has 0 aromatic rings. The number of carboxylic acids is 1. The summed E-state index contributed by atoms with van der Waals surface area (Å²) in [6, 6.07) is -0.841. The van der Waals surface area contributed by atoms with Gasteiger partial charge >= 0.3 is 5.97 Å². The molecule has 0 aromatic heterocycles. The molecule has 0 aliphatic heterocycles. The summed E-state index contributed by atoms with van der Waals surface area (Å²) < 4.78 is 0. The summed E-state index contributed by atoms with van der Waals surface area (Å²) in [5.41, 5.74) is 0. The van der Waals surface area contributed by atoms with Crippen LogP contribution < -0.4 is 10.6 Å². The van der Waals surface area contributed by atoms with Gasteiger partial charge in [0.05, 0.1) is 6.04 Å². The number of rotatable bonds is 7. The van der Waals surface area contributed by atoms with Crippen LogP contribution in [-0.4, -0.2) is 35.1 Å². The molecule has 1 fully saturated rings. The second-order valence-electron chi connectivity index (χ2n) is 5.41. The average Bonchev–Trinajstić information content (AvgIpc) is 2.39. The Morgan fingerprint density at radius 1 is 1.25 bits per heavy atom. The molecule has 0 heterocycles. The first-order chi connectivity index (χ1) is 9.04. The van der Waals surface area contributed by atoms with Crippen molar-refractivity contribution in [2.24, 2.45) is 0 Å². The molecule has 1 amide bonds. The van der Waals surface area contributed by atoms with Crippen LogP contribution in [0.2, 0.25) is 0 Å². The van der Waals surface area contributed by atoms with Gasteiger partial charge in [-0.15, -0.1) is 12.4 Å². The molecule has 0 spiro atoms. The fourth-order valence-corrected chi connectivity index (χ4v) is 2.52. The summed E-state index contributed by atoms with van der Waals surface area (Å²) in [7, 11) is 0. The highest BCUT2D eigenvalue weighted by molar-refractivity contribution is 5.85. The Labute approximate surface area is 127 Å². The predicted octanol–water partition coefficient (Wildman–Crippen LogP) is 2.09. The Morgan fingerprint density at radius 2 is 1.85 bits per heavy atom. The molecule has 1 aliphatic rings. The minimum absolute atomic E-state index is 0. The lowest BCUT2D eigenvalue weighted by molar-refractivity contribution is -0.140. The van der Waals surface area contributed by atoms with Gasteiger partial charge in [0.25, 0.3) is 0 Å². The molecule has 2 atom stereocenters. The van der Waals surface area contributed by atoms with Crippen molar-refractivity contribution in [2.45, 2.75) is 76.9 Å². The molecule has 0 saturated heterocycles. The van der Waals surface area contributed by atoms with Crippen molar-refractivity contribution in [1.82, 2.24) is 10.6 Å². The zero-order valence-corrected chi connectivity index (χ0v) is 13.2. The fourth-order valence-electron chi connectivity index (χ4n) is 2.52. The second-order valence-corrected chi connectivity index (χ2v) is 5.41. The number of carbonyl (C=O) groups is 2. The third kappa shape index (κ3) is 6.57. The summed E-state index contributed by atoms with van der Waals surface area (Å²) in [4.78, 5) is 23.1. The summed E-state index contributed by atoms with van der Waals surface area (Å²) in [5, 5.41) is 15.0. The van der Waals surface area contributed by atoms with Crippen LogP contribution in [0.15, 0.2) is 0 Å². The van der Waals surface area contributed by atoms with Crippen LogP contribution >= 0.6 is 12.4 Å². The molecule has 6 heteroatoms. The topological polar surface area (TPSA) is 78.4 Å². The number of halogens is 1. The van der Waals surface area contributed by atoms with Crippen LogP contribution in [0.25, 0.3) is 0 Å². The summed E-state index contributed by atoms with van der Waals surface area (Å²) in [6.07, 6.45) is 6.97. The van der Waals surface area contributed by atoms with Gasteiger partial charge in [-0.25, -0.2) is 0 Å². The van der Waals surface area contributed by atoms with E-state index in [-0.39, 0.29) is 24.4 Å². The molecule has 20 heavy (non-hydrogen) atoms. The quantitative estimate of drug-likeness (QED) is 0.673. The SMILES string of the molecule is CCCC(NC(C)C(=O)NC1CCCCC1)C(=O)O.Cl. The Morgan fingerprint density at radius 3 is 2.35 bits per heavy atom. The molecule has 2 unspecified atom stereocenters. The molecule has 0 radical (unpaired) electrons. The van der Waals surface area contributed by atoms with Crippen molar-refractivity contribution in [3.05, 3.63) is 0 Å². The highest BCUT2D eigenvalue weighted by Crippen LogP contribution is 2.17. The van der Waals surface area contributed by atoms with Crippen LogP contribution in [-0.2, 0) is 9.59 Å². The van der Waals surface area contributed by atoms with Crippen molar-refractivity contribution in [2.75, 3.05) is 0 Å². The third-order valence-corrected chi connectivity index (χ3v) is 3.67. The summed E-state index contributed by atoms with van der Waals surface area (Å²) in [6.45, 7) is 3.66. The lowest BCUT2D eigenvalue weighted by Gasteiger charge is -2.26. The summed E-state index contributed by atoms with van der Waals surface area (Å²) >= 11 is 0. The lowest BCUT2D eigenvalue weighted by atomic mass is 9.95. The van der Waals surface area contributed by atoms with E-state index in [1.54, 1.807) is 6.92 Å². The van der Waals surface area contributed by atoms with Gasteiger partial charge in [-0.3, -0.25) is 14.9 Å². The number of carbonyl (C=O) groups excluding carboxylic acids is 1. The van der Waals surface area contributed by atoms with Crippen LogP contribution in [0.5, 0.6) is 0 Å². The number of hydrogen-bond acceptors (Lipinski definition) is 3. The second kappa shape index (κ2) is 10.00. The van der Waals surface area contributed by atoms with E-state index in [0.717, 1.165) is 19.3 Å². The van der Waals surface area contributed by atoms with Gasteiger partial charge in [-0.05, 0) is 26.2 Å². The Bertz CT molecular complexity index is 307.